The minimum atomic E-state index is -4.58. The van der Waals surface area contributed by atoms with Crippen LogP contribution in [0.2, 0.25) is 5.02 Å². The van der Waals surface area contributed by atoms with Crippen molar-refractivity contribution in [1.29, 1.82) is 0 Å². The maximum Gasteiger partial charge on any atom is 0.417 e. The Morgan fingerprint density at radius 3 is 2.62 bits per heavy atom. The molecule has 0 radical (unpaired) electrons. The molecular weight excluding hydrogens is 369 g/mol. The van der Waals surface area contributed by atoms with Crippen molar-refractivity contribution in [2.75, 3.05) is 5.32 Å². The van der Waals surface area contributed by atoms with Crippen LogP contribution in [0.25, 0.3) is 22.6 Å². The van der Waals surface area contributed by atoms with Crippen molar-refractivity contribution in [3.05, 3.63) is 47.0 Å². The lowest BCUT2D eigenvalue weighted by atomic mass is 10.1. The number of alkyl halides is 3. The average Bonchev–Trinajstić information content (AvgIpc) is 2.96. The first kappa shape index (κ1) is 18.3. The molecular formula is C18H14ClF3N2O2. The summed E-state index contributed by atoms with van der Waals surface area (Å²) in [6.45, 7) is 3.52. The number of oxazole rings is 1. The molecule has 8 heteroatoms. The molecule has 1 aromatic heterocycles. The molecule has 0 bridgehead atoms. The van der Waals surface area contributed by atoms with Crippen LogP contribution in [0.5, 0.6) is 0 Å². The number of benzene rings is 2. The molecule has 0 atom stereocenters. The summed E-state index contributed by atoms with van der Waals surface area (Å²) in [7, 11) is 0. The number of carbonyl (C=O) groups is 1. The Balaban J connectivity index is 2.01. The quantitative estimate of drug-likeness (QED) is 0.626. The van der Waals surface area contributed by atoms with Crippen LogP contribution < -0.4 is 5.32 Å². The summed E-state index contributed by atoms with van der Waals surface area (Å²) in [6.07, 6.45) is -4.58. The number of hydrogen-bond acceptors (Lipinski definition) is 3. The van der Waals surface area contributed by atoms with Crippen LogP contribution in [0.4, 0.5) is 18.9 Å². The Kier molecular flexibility index (Phi) is 4.66. The third-order valence-electron chi connectivity index (χ3n) is 3.71. The summed E-state index contributed by atoms with van der Waals surface area (Å²) in [4.78, 5) is 16.0. The molecule has 0 spiro atoms. The maximum absolute atomic E-state index is 13.0. The van der Waals surface area contributed by atoms with Gasteiger partial charge in [-0.2, -0.15) is 13.2 Å². The van der Waals surface area contributed by atoms with Gasteiger partial charge < -0.3 is 9.73 Å². The fourth-order valence-electron chi connectivity index (χ4n) is 2.32. The summed E-state index contributed by atoms with van der Waals surface area (Å²) < 4.78 is 44.6. The number of aromatic nitrogens is 1. The van der Waals surface area contributed by atoms with Gasteiger partial charge in [0, 0.05) is 11.6 Å². The van der Waals surface area contributed by atoms with E-state index in [4.69, 9.17) is 16.0 Å². The molecule has 0 saturated heterocycles. The lowest BCUT2D eigenvalue weighted by Gasteiger charge is -2.10. The zero-order chi connectivity index (χ0) is 19.1. The van der Waals surface area contributed by atoms with E-state index >= 15 is 0 Å². The predicted octanol–water partition coefficient (Wildman–Crippen LogP) is 5.76. The van der Waals surface area contributed by atoms with Crippen LogP contribution in [0.15, 0.2) is 40.8 Å². The van der Waals surface area contributed by atoms with Crippen molar-refractivity contribution in [1.82, 2.24) is 4.98 Å². The molecule has 3 rings (SSSR count). The maximum atomic E-state index is 13.0. The highest BCUT2D eigenvalue weighted by molar-refractivity contribution is 6.34. The van der Waals surface area contributed by atoms with Crippen LogP contribution in [0.1, 0.15) is 19.4 Å². The van der Waals surface area contributed by atoms with E-state index in [0.717, 1.165) is 6.07 Å². The first-order chi connectivity index (χ1) is 12.2. The van der Waals surface area contributed by atoms with Gasteiger partial charge >= 0.3 is 6.18 Å². The summed E-state index contributed by atoms with van der Waals surface area (Å²) in [5.74, 6) is -0.375. The van der Waals surface area contributed by atoms with Gasteiger partial charge in [-0.25, -0.2) is 4.98 Å². The number of nitrogens with zero attached hydrogens (tertiary/aromatic N) is 1. The van der Waals surface area contributed by atoms with Gasteiger partial charge in [0.15, 0.2) is 5.58 Å². The highest BCUT2D eigenvalue weighted by atomic mass is 35.5. The third-order valence-corrected chi connectivity index (χ3v) is 4.12. The van der Waals surface area contributed by atoms with Crippen LogP contribution in [0.3, 0.4) is 0 Å². The van der Waals surface area contributed by atoms with Crippen LogP contribution in [-0.2, 0) is 11.0 Å². The SMILES string of the molecule is CC(C)C(=O)Nc1ccc2oc(-c3cccc(C(F)(F)F)c3Cl)nc2c1. The lowest BCUT2D eigenvalue weighted by Crippen LogP contribution is -2.17. The number of rotatable bonds is 3. The molecule has 0 saturated carbocycles. The van der Waals surface area contributed by atoms with Gasteiger partial charge in [-0.05, 0) is 30.3 Å². The number of hydrogen-bond donors (Lipinski definition) is 1. The van der Waals surface area contributed by atoms with E-state index in [0.29, 0.717) is 16.8 Å². The number of halogens is 4. The second-order valence-electron chi connectivity index (χ2n) is 6.01. The van der Waals surface area contributed by atoms with Gasteiger partial charge in [0.2, 0.25) is 11.8 Å². The third kappa shape index (κ3) is 3.53. The fourth-order valence-corrected chi connectivity index (χ4v) is 2.64. The highest BCUT2D eigenvalue weighted by Crippen LogP contribution is 2.40. The van der Waals surface area contributed by atoms with Crippen molar-refractivity contribution >= 4 is 34.3 Å². The van der Waals surface area contributed by atoms with E-state index in [-0.39, 0.29) is 23.3 Å². The average molecular weight is 383 g/mol. The van der Waals surface area contributed by atoms with Crippen LogP contribution >= 0.6 is 11.6 Å². The monoisotopic (exact) mass is 382 g/mol. The van der Waals surface area contributed by atoms with Gasteiger partial charge in [0.25, 0.3) is 0 Å². The smallest absolute Gasteiger partial charge is 0.417 e. The number of anilines is 1. The van der Waals surface area contributed by atoms with Gasteiger partial charge in [-0.3, -0.25) is 4.79 Å². The molecule has 3 aromatic rings. The van der Waals surface area contributed by atoms with Gasteiger partial charge in [-0.1, -0.05) is 31.5 Å². The molecule has 0 unspecified atom stereocenters. The molecule has 2 aromatic carbocycles. The predicted molar refractivity (Wildman–Crippen MR) is 92.9 cm³/mol. The fraction of sp³-hybridized carbons (Fsp3) is 0.222. The number of carbonyl (C=O) groups excluding carboxylic acids is 1. The Hall–Kier alpha value is -2.54. The summed E-state index contributed by atoms with van der Waals surface area (Å²) in [5.41, 5.74) is 0.381. The minimum absolute atomic E-state index is 0.0246. The van der Waals surface area contributed by atoms with E-state index in [1.165, 1.54) is 12.1 Å². The van der Waals surface area contributed by atoms with Crippen LogP contribution in [-0.4, -0.2) is 10.9 Å². The first-order valence-electron chi connectivity index (χ1n) is 7.74. The largest absolute Gasteiger partial charge is 0.436 e. The van der Waals surface area contributed by atoms with E-state index in [1.54, 1.807) is 32.0 Å². The van der Waals surface area contributed by atoms with Crippen molar-refractivity contribution in [2.24, 2.45) is 5.92 Å². The summed E-state index contributed by atoms with van der Waals surface area (Å²) >= 11 is 5.91. The molecule has 0 fully saturated rings. The van der Waals surface area contributed by atoms with E-state index in [9.17, 15) is 18.0 Å². The summed E-state index contributed by atoms with van der Waals surface area (Å²) in [5, 5.41) is 2.26. The Morgan fingerprint density at radius 2 is 1.96 bits per heavy atom. The van der Waals surface area contributed by atoms with E-state index in [1.807, 2.05) is 0 Å². The molecule has 0 aliphatic carbocycles. The number of fused-ring (bicyclic) bond motifs is 1. The zero-order valence-electron chi connectivity index (χ0n) is 13.8. The van der Waals surface area contributed by atoms with Crippen molar-refractivity contribution in [3.63, 3.8) is 0 Å². The van der Waals surface area contributed by atoms with Crippen LogP contribution in [0, 0.1) is 5.92 Å². The van der Waals surface area contributed by atoms with Gasteiger partial charge in [-0.15, -0.1) is 0 Å². The molecule has 1 N–H and O–H groups in total. The van der Waals surface area contributed by atoms with Crippen molar-refractivity contribution in [2.45, 2.75) is 20.0 Å². The number of nitrogens with one attached hydrogen (secondary N) is 1. The van der Waals surface area contributed by atoms with Gasteiger partial charge in [0.1, 0.15) is 5.52 Å². The molecule has 26 heavy (non-hydrogen) atoms. The van der Waals surface area contributed by atoms with Gasteiger partial charge in [0.05, 0.1) is 16.1 Å². The molecule has 136 valence electrons. The zero-order valence-corrected chi connectivity index (χ0v) is 14.6. The highest BCUT2D eigenvalue weighted by Gasteiger charge is 2.34. The minimum Gasteiger partial charge on any atom is -0.436 e. The first-order valence-corrected chi connectivity index (χ1v) is 8.12. The van der Waals surface area contributed by atoms with E-state index < -0.39 is 16.8 Å². The van der Waals surface area contributed by atoms with Crippen molar-refractivity contribution < 1.29 is 22.4 Å². The lowest BCUT2D eigenvalue weighted by molar-refractivity contribution is -0.137. The standard InChI is InChI=1S/C18H14ClF3N2O2/c1-9(2)16(25)23-10-6-7-14-13(8-10)24-17(26-14)11-4-3-5-12(15(11)19)18(20,21)22/h3-9H,1-2H3,(H,23,25). The normalized spacial score (nSPS) is 12.0. The topological polar surface area (TPSA) is 55.1 Å². The van der Waals surface area contributed by atoms with Crippen molar-refractivity contribution in [3.8, 4) is 11.5 Å². The Bertz CT molecular complexity index is 980. The van der Waals surface area contributed by atoms with E-state index in [2.05, 4.69) is 10.3 Å². The second kappa shape index (κ2) is 6.64. The molecule has 0 aliphatic rings. The summed E-state index contributed by atoms with van der Waals surface area (Å²) in [6, 6.07) is 8.35. The Labute approximate surface area is 152 Å². The molecule has 1 heterocycles. The second-order valence-corrected chi connectivity index (χ2v) is 6.39. The molecule has 0 aliphatic heterocycles. The number of amides is 1. The molecule has 4 nitrogen and oxygen atoms in total. The molecule has 1 amide bonds. The Morgan fingerprint density at radius 1 is 1.23 bits per heavy atom.